The van der Waals surface area contributed by atoms with E-state index in [1.165, 1.54) is 0 Å². The molecule has 1 aromatic carbocycles. The van der Waals surface area contributed by atoms with Crippen molar-refractivity contribution in [1.29, 1.82) is 0 Å². The number of carbonyl (C=O) groups is 1. The summed E-state index contributed by atoms with van der Waals surface area (Å²) < 4.78 is 42.3. The highest BCUT2D eigenvalue weighted by molar-refractivity contribution is 5.76. The van der Waals surface area contributed by atoms with Gasteiger partial charge in [0.2, 0.25) is 0 Å². The quantitative estimate of drug-likeness (QED) is 0.798. The van der Waals surface area contributed by atoms with Crippen LogP contribution in [-0.2, 0) is 16.1 Å². The molecule has 0 radical (unpaired) electrons. The molecule has 0 spiro atoms. The normalized spacial score (nSPS) is 20.1. The van der Waals surface area contributed by atoms with E-state index in [-0.39, 0.29) is 13.2 Å². The summed E-state index contributed by atoms with van der Waals surface area (Å²) in [5.41, 5.74) is 0.821. The second kappa shape index (κ2) is 6.26. The van der Waals surface area contributed by atoms with Crippen molar-refractivity contribution in [3.63, 3.8) is 0 Å². The average molecular weight is 287 g/mol. The van der Waals surface area contributed by atoms with Crippen molar-refractivity contribution in [2.75, 3.05) is 13.1 Å². The number of carbonyl (C=O) groups excluding carboxylic acids is 1. The molecule has 1 aromatic rings. The SMILES string of the molecule is O=C(OCc1ccccc1)C1CCCN1CC(F)(F)F. The molecule has 0 aliphatic carbocycles. The van der Waals surface area contributed by atoms with Gasteiger partial charge in [0.15, 0.2) is 0 Å². The fraction of sp³-hybridized carbons (Fsp3) is 0.500. The Morgan fingerprint density at radius 3 is 2.65 bits per heavy atom. The van der Waals surface area contributed by atoms with Gasteiger partial charge in [-0.25, -0.2) is 0 Å². The fourth-order valence-corrected chi connectivity index (χ4v) is 2.34. The van der Waals surface area contributed by atoms with Crippen molar-refractivity contribution in [2.24, 2.45) is 0 Å². The molecule has 1 fully saturated rings. The van der Waals surface area contributed by atoms with Gasteiger partial charge in [-0.2, -0.15) is 13.2 Å². The van der Waals surface area contributed by atoms with Crippen LogP contribution >= 0.6 is 0 Å². The molecule has 3 nitrogen and oxygen atoms in total. The predicted octanol–water partition coefficient (Wildman–Crippen LogP) is 2.76. The van der Waals surface area contributed by atoms with Crippen LogP contribution in [0.2, 0.25) is 0 Å². The number of likely N-dealkylation sites (tertiary alicyclic amines) is 1. The second-order valence-electron chi connectivity index (χ2n) is 4.84. The highest BCUT2D eigenvalue weighted by Gasteiger charge is 2.39. The largest absolute Gasteiger partial charge is 0.460 e. The van der Waals surface area contributed by atoms with Crippen molar-refractivity contribution in [1.82, 2.24) is 4.90 Å². The van der Waals surface area contributed by atoms with Crippen LogP contribution in [-0.4, -0.2) is 36.2 Å². The first-order valence-corrected chi connectivity index (χ1v) is 6.47. The van der Waals surface area contributed by atoms with Gasteiger partial charge in [-0.15, -0.1) is 0 Å². The van der Waals surface area contributed by atoms with Crippen LogP contribution in [0.4, 0.5) is 13.2 Å². The molecule has 2 rings (SSSR count). The standard InChI is InChI=1S/C14H16F3NO2/c15-14(16,17)10-18-8-4-7-12(18)13(19)20-9-11-5-2-1-3-6-11/h1-3,5-6,12H,4,7-10H2. The van der Waals surface area contributed by atoms with E-state index in [0.29, 0.717) is 12.8 Å². The summed E-state index contributed by atoms with van der Waals surface area (Å²) in [7, 11) is 0. The van der Waals surface area contributed by atoms with Crippen molar-refractivity contribution in [2.45, 2.75) is 31.7 Å². The van der Waals surface area contributed by atoms with Crippen LogP contribution in [0.1, 0.15) is 18.4 Å². The lowest BCUT2D eigenvalue weighted by Gasteiger charge is -2.23. The zero-order valence-corrected chi connectivity index (χ0v) is 10.9. The van der Waals surface area contributed by atoms with Gasteiger partial charge in [0.05, 0.1) is 6.54 Å². The lowest BCUT2D eigenvalue weighted by Crippen LogP contribution is -2.42. The van der Waals surface area contributed by atoms with E-state index in [9.17, 15) is 18.0 Å². The van der Waals surface area contributed by atoms with Crippen LogP contribution in [0.25, 0.3) is 0 Å². The Kier molecular flexibility index (Phi) is 4.65. The fourth-order valence-electron chi connectivity index (χ4n) is 2.34. The highest BCUT2D eigenvalue weighted by atomic mass is 19.4. The van der Waals surface area contributed by atoms with Gasteiger partial charge in [-0.1, -0.05) is 30.3 Å². The zero-order valence-electron chi connectivity index (χ0n) is 10.9. The average Bonchev–Trinajstić information content (AvgIpc) is 2.83. The molecule has 0 saturated carbocycles. The van der Waals surface area contributed by atoms with Crippen LogP contribution in [0, 0.1) is 0 Å². The first kappa shape index (κ1) is 14.8. The van der Waals surface area contributed by atoms with E-state index in [0.717, 1.165) is 10.5 Å². The van der Waals surface area contributed by atoms with Gasteiger partial charge in [0.25, 0.3) is 0 Å². The Morgan fingerprint density at radius 2 is 2.00 bits per heavy atom. The molecule has 0 N–H and O–H groups in total. The molecule has 1 saturated heterocycles. The molecule has 1 unspecified atom stereocenters. The van der Waals surface area contributed by atoms with Crippen LogP contribution in [0.5, 0.6) is 0 Å². The number of hydrogen-bond donors (Lipinski definition) is 0. The summed E-state index contributed by atoms with van der Waals surface area (Å²) in [5, 5.41) is 0. The lowest BCUT2D eigenvalue weighted by atomic mass is 10.2. The second-order valence-corrected chi connectivity index (χ2v) is 4.84. The molecule has 1 aliphatic heterocycles. The van der Waals surface area contributed by atoms with Gasteiger partial charge in [0.1, 0.15) is 12.6 Å². The highest BCUT2D eigenvalue weighted by Crippen LogP contribution is 2.25. The van der Waals surface area contributed by atoms with E-state index in [2.05, 4.69) is 0 Å². The topological polar surface area (TPSA) is 29.5 Å². The molecule has 0 aromatic heterocycles. The molecule has 0 amide bonds. The summed E-state index contributed by atoms with van der Waals surface area (Å²) in [4.78, 5) is 13.0. The Labute approximate surface area is 115 Å². The number of rotatable bonds is 4. The number of halogens is 3. The number of benzene rings is 1. The minimum Gasteiger partial charge on any atom is -0.460 e. The predicted molar refractivity (Wildman–Crippen MR) is 66.9 cm³/mol. The maximum atomic E-state index is 12.4. The summed E-state index contributed by atoms with van der Waals surface area (Å²) in [6.07, 6.45) is -3.28. The molecule has 110 valence electrons. The van der Waals surface area contributed by atoms with Gasteiger partial charge in [-0.05, 0) is 24.9 Å². The van der Waals surface area contributed by atoms with E-state index >= 15 is 0 Å². The Bertz CT molecular complexity index is 447. The molecular formula is C14H16F3NO2. The third-order valence-corrected chi connectivity index (χ3v) is 3.24. The first-order valence-electron chi connectivity index (χ1n) is 6.47. The minimum absolute atomic E-state index is 0.0933. The smallest absolute Gasteiger partial charge is 0.401 e. The summed E-state index contributed by atoms with van der Waals surface area (Å²) in [6.45, 7) is -0.682. The summed E-state index contributed by atoms with van der Waals surface area (Å²) in [6, 6.07) is 8.29. The Hall–Kier alpha value is -1.56. The first-order chi connectivity index (χ1) is 9.46. The Morgan fingerprint density at radius 1 is 1.30 bits per heavy atom. The van der Waals surface area contributed by atoms with E-state index in [1.54, 1.807) is 12.1 Å². The van der Waals surface area contributed by atoms with Crippen molar-refractivity contribution >= 4 is 5.97 Å². The lowest BCUT2D eigenvalue weighted by molar-refractivity contribution is -0.162. The molecule has 1 heterocycles. The Balaban J connectivity index is 1.88. The number of ether oxygens (including phenoxy) is 1. The number of hydrogen-bond acceptors (Lipinski definition) is 3. The number of esters is 1. The zero-order chi connectivity index (χ0) is 14.6. The van der Waals surface area contributed by atoms with E-state index < -0.39 is 24.7 Å². The third kappa shape index (κ3) is 4.23. The van der Waals surface area contributed by atoms with Crippen LogP contribution < -0.4 is 0 Å². The number of alkyl halides is 3. The monoisotopic (exact) mass is 287 g/mol. The van der Waals surface area contributed by atoms with Gasteiger partial charge < -0.3 is 4.74 Å². The molecule has 6 heteroatoms. The van der Waals surface area contributed by atoms with Crippen molar-refractivity contribution < 1.29 is 22.7 Å². The molecular weight excluding hydrogens is 271 g/mol. The van der Waals surface area contributed by atoms with Gasteiger partial charge in [0, 0.05) is 0 Å². The van der Waals surface area contributed by atoms with Crippen molar-refractivity contribution in [3.8, 4) is 0 Å². The van der Waals surface area contributed by atoms with Crippen LogP contribution in [0.3, 0.4) is 0 Å². The maximum absolute atomic E-state index is 12.4. The van der Waals surface area contributed by atoms with Crippen molar-refractivity contribution in [3.05, 3.63) is 35.9 Å². The number of nitrogens with zero attached hydrogens (tertiary/aromatic N) is 1. The van der Waals surface area contributed by atoms with Gasteiger partial charge in [-0.3, -0.25) is 9.69 Å². The van der Waals surface area contributed by atoms with E-state index in [4.69, 9.17) is 4.74 Å². The van der Waals surface area contributed by atoms with E-state index in [1.807, 2.05) is 18.2 Å². The maximum Gasteiger partial charge on any atom is 0.401 e. The summed E-state index contributed by atoms with van der Waals surface area (Å²) >= 11 is 0. The molecule has 20 heavy (non-hydrogen) atoms. The summed E-state index contributed by atoms with van der Waals surface area (Å²) in [5.74, 6) is -0.574. The molecule has 1 atom stereocenters. The third-order valence-electron chi connectivity index (χ3n) is 3.24. The van der Waals surface area contributed by atoms with Gasteiger partial charge >= 0.3 is 12.1 Å². The van der Waals surface area contributed by atoms with Crippen LogP contribution in [0.15, 0.2) is 30.3 Å². The molecule has 0 bridgehead atoms. The molecule has 1 aliphatic rings. The minimum atomic E-state index is -4.29.